The highest BCUT2D eigenvalue weighted by Crippen LogP contribution is 2.24. The van der Waals surface area contributed by atoms with Crippen molar-refractivity contribution in [3.63, 3.8) is 0 Å². The van der Waals surface area contributed by atoms with E-state index in [1.165, 1.54) is 30.1 Å². The highest BCUT2D eigenvalue weighted by atomic mass is 35.5. The molecule has 0 aliphatic rings. The van der Waals surface area contributed by atoms with Gasteiger partial charge in [-0.3, -0.25) is 4.79 Å². The number of benzene rings is 2. The molecule has 0 saturated heterocycles. The van der Waals surface area contributed by atoms with E-state index >= 15 is 0 Å². The Labute approximate surface area is 160 Å². The molecule has 2 aromatic rings. The van der Waals surface area contributed by atoms with Crippen molar-refractivity contribution in [2.24, 2.45) is 5.73 Å². The minimum absolute atomic E-state index is 0.0619. The highest BCUT2D eigenvalue weighted by Gasteiger charge is 2.10. The minimum atomic E-state index is -0.548. The number of halogens is 2. The van der Waals surface area contributed by atoms with Crippen LogP contribution in [0, 0.1) is 11.2 Å². The summed E-state index contributed by atoms with van der Waals surface area (Å²) in [5.41, 5.74) is 8.15. The Hall–Kier alpha value is -2.51. The summed E-state index contributed by atoms with van der Waals surface area (Å²) in [6, 6.07) is 10.8. The van der Waals surface area contributed by atoms with Crippen LogP contribution in [0.3, 0.4) is 0 Å². The molecule has 0 spiro atoms. The molecule has 1 amide bonds. The predicted octanol–water partition coefficient (Wildman–Crippen LogP) is 5.02. The summed E-state index contributed by atoms with van der Waals surface area (Å²) in [5.74, 6) is -0.899. The maximum Gasteiger partial charge on any atom is 0.255 e. The molecule has 0 fully saturated rings. The van der Waals surface area contributed by atoms with Crippen molar-refractivity contribution in [2.75, 3.05) is 10.0 Å². The molecule has 0 aliphatic heterocycles. The molecule has 0 atom stereocenters. The van der Waals surface area contributed by atoms with Gasteiger partial charge >= 0.3 is 0 Å². The van der Waals surface area contributed by atoms with Gasteiger partial charge in [0.05, 0.1) is 9.93 Å². The molecule has 2 aromatic carbocycles. The van der Waals surface area contributed by atoms with Gasteiger partial charge in [0.25, 0.3) is 5.91 Å². The standard InChI is InChI=1S/C18H18ClFN4OS/c1-10(21)17(11(2)22)26-24-14-5-3-4-12(8-14)18(25)23-13-6-7-16(20)15(19)9-13/h3-9,21,24H,22H2,1-2H3,(H,23,25)/b17-11+,21-10?. The van der Waals surface area contributed by atoms with Gasteiger partial charge in [-0.05, 0) is 62.2 Å². The molecular weight excluding hydrogens is 375 g/mol. The Morgan fingerprint density at radius 2 is 1.92 bits per heavy atom. The third-order valence-corrected chi connectivity index (χ3v) is 4.73. The number of hydrogen-bond donors (Lipinski definition) is 4. The van der Waals surface area contributed by atoms with Gasteiger partial charge < -0.3 is 21.2 Å². The van der Waals surface area contributed by atoms with Gasteiger partial charge in [-0.1, -0.05) is 17.7 Å². The lowest BCUT2D eigenvalue weighted by molar-refractivity contribution is 0.102. The summed E-state index contributed by atoms with van der Waals surface area (Å²) in [6.45, 7) is 3.37. The van der Waals surface area contributed by atoms with Crippen molar-refractivity contribution in [3.8, 4) is 0 Å². The number of rotatable bonds is 6. The predicted molar refractivity (Wildman–Crippen MR) is 107 cm³/mol. The largest absolute Gasteiger partial charge is 0.401 e. The Morgan fingerprint density at radius 1 is 1.19 bits per heavy atom. The van der Waals surface area contributed by atoms with Crippen LogP contribution in [0.5, 0.6) is 0 Å². The molecular formula is C18H18ClFN4OS. The average Bonchev–Trinajstić information content (AvgIpc) is 2.58. The van der Waals surface area contributed by atoms with E-state index < -0.39 is 5.82 Å². The number of anilines is 2. The van der Waals surface area contributed by atoms with Crippen LogP contribution in [0.1, 0.15) is 24.2 Å². The molecule has 5 nitrogen and oxygen atoms in total. The zero-order valence-corrected chi connectivity index (χ0v) is 15.8. The molecule has 0 radical (unpaired) electrons. The summed E-state index contributed by atoms with van der Waals surface area (Å²) < 4.78 is 16.3. The first-order valence-corrected chi connectivity index (χ1v) is 8.78. The van der Waals surface area contributed by atoms with Crippen molar-refractivity contribution < 1.29 is 9.18 Å². The Balaban J connectivity index is 2.10. The maximum absolute atomic E-state index is 13.2. The number of allylic oxidation sites excluding steroid dienone is 2. The van der Waals surface area contributed by atoms with Crippen molar-refractivity contribution in [1.82, 2.24) is 0 Å². The minimum Gasteiger partial charge on any atom is -0.401 e. The number of amides is 1. The lowest BCUT2D eigenvalue weighted by Crippen LogP contribution is -2.12. The second-order valence-electron chi connectivity index (χ2n) is 5.51. The normalized spacial score (nSPS) is 11.5. The number of nitrogens with one attached hydrogen (secondary N) is 3. The molecule has 0 aromatic heterocycles. The summed E-state index contributed by atoms with van der Waals surface area (Å²) in [7, 11) is 0. The molecule has 0 saturated carbocycles. The molecule has 0 aliphatic carbocycles. The Kier molecular flexibility index (Phi) is 6.65. The average molecular weight is 393 g/mol. The molecule has 26 heavy (non-hydrogen) atoms. The molecule has 0 heterocycles. The third-order valence-electron chi connectivity index (χ3n) is 3.27. The Bertz CT molecular complexity index is 881. The second-order valence-corrected chi connectivity index (χ2v) is 6.73. The quantitative estimate of drug-likeness (QED) is 0.410. The van der Waals surface area contributed by atoms with Crippen LogP contribution in [-0.4, -0.2) is 11.6 Å². The van der Waals surface area contributed by atoms with Gasteiger partial charge in [0.15, 0.2) is 0 Å². The molecule has 0 unspecified atom stereocenters. The van der Waals surface area contributed by atoms with Gasteiger partial charge in [-0.25, -0.2) is 4.39 Å². The fourth-order valence-corrected chi connectivity index (χ4v) is 2.91. The lowest BCUT2D eigenvalue weighted by Gasteiger charge is -2.11. The van der Waals surface area contributed by atoms with E-state index in [1.807, 2.05) is 0 Å². The van der Waals surface area contributed by atoms with Crippen LogP contribution >= 0.6 is 23.5 Å². The van der Waals surface area contributed by atoms with Gasteiger partial charge in [0.2, 0.25) is 0 Å². The van der Waals surface area contributed by atoms with Crippen LogP contribution in [0.2, 0.25) is 5.02 Å². The highest BCUT2D eigenvalue weighted by molar-refractivity contribution is 8.05. The van der Waals surface area contributed by atoms with E-state index in [1.54, 1.807) is 38.1 Å². The second kappa shape index (κ2) is 8.73. The zero-order valence-electron chi connectivity index (χ0n) is 14.2. The van der Waals surface area contributed by atoms with Crippen molar-refractivity contribution in [2.45, 2.75) is 13.8 Å². The van der Waals surface area contributed by atoms with E-state index in [4.69, 9.17) is 22.7 Å². The van der Waals surface area contributed by atoms with E-state index in [-0.39, 0.29) is 10.9 Å². The van der Waals surface area contributed by atoms with Crippen LogP contribution in [0.4, 0.5) is 15.8 Å². The first-order chi connectivity index (χ1) is 12.3. The third kappa shape index (κ3) is 5.24. The van der Waals surface area contributed by atoms with Crippen molar-refractivity contribution in [1.29, 1.82) is 5.41 Å². The summed E-state index contributed by atoms with van der Waals surface area (Å²) in [4.78, 5) is 13.0. The van der Waals surface area contributed by atoms with E-state index in [2.05, 4.69) is 10.0 Å². The van der Waals surface area contributed by atoms with Gasteiger partial charge in [0.1, 0.15) is 5.82 Å². The van der Waals surface area contributed by atoms with Crippen molar-refractivity contribution >= 4 is 46.5 Å². The smallest absolute Gasteiger partial charge is 0.255 e. The molecule has 5 N–H and O–H groups in total. The fraction of sp³-hybridized carbons (Fsp3) is 0.111. The van der Waals surface area contributed by atoms with Crippen LogP contribution in [-0.2, 0) is 0 Å². The summed E-state index contributed by atoms with van der Waals surface area (Å²) in [5, 5.41) is 10.3. The summed E-state index contributed by atoms with van der Waals surface area (Å²) in [6.07, 6.45) is 0. The molecule has 8 heteroatoms. The topological polar surface area (TPSA) is 91.0 Å². The van der Waals surface area contributed by atoms with Gasteiger partial charge in [-0.2, -0.15) is 0 Å². The van der Waals surface area contributed by atoms with Gasteiger partial charge in [0, 0.05) is 28.3 Å². The molecule has 2 rings (SSSR count). The SMILES string of the molecule is CC(=N)/C(SNc1cccc(C(=O)Nc2ccc(F)c(Cl)c2)c1)=C(/C)N. The first kappa shape index (κ1) is 19.8. The van der Waals surface area contributed by atoms with Crippen LogP contribution in [0.25, 0.3) is 0 Å². The molecule has 0 bridgehead atoms. The van der Waals surface area contributed by atoms with E-state index in [0.717, 1.165) is 0 Å². The number of nitrogens with two attached hydrogens (primary N) is 1. The Morgan fingerprint density at radius 3 is 2.54 bits per heavy atom. The maximum atomic E-state index is 13.2. The summed E-state index contributed by atoms with van der Waals surface area (Å²) >= 11 is 6.93. The van der Waals surface area contributed by atoms with Crippen molar-refractivity contribution in [3.05, 3.63) is 69.5 Å². The first-order valence-electron chi connectivity index (χ1n) is 7.59. The number of hydrogen-bond acceptors (Lipinski definition) is 5. The fourth-order valence-electron chi connectivity index (χ4n) is 2.06. The number of carbonyl (C=O) groups is 1. The lowest BCUT2D eigenvalue weighted by atomic mass is 10.2. The number of carbonyl (C=O) groups excluding carboxylic acids is 1. The van der Waals surface area contributed by atoms with Gasteiger partial charge in [-0.15, -0.1) is 0 Å². The zero-order chi connectivity index (χ0) is 19.3. The van der Waals surface area contributed by atoms with E-state index in [0.29, 0.717) is 33.3 Å². The van der Waals surface area contributed by atoms with E-state index in [9.17, 15) is 9.18 Å². The monoisotopic (exact) mass is 392 g/mol. The molecule has 136 valence electrons. The van der Waals surface area contributed by atoms with Crippen LogP contribution in [0.15, 0.2) is 53.1 Å². The van der Waals surface area contributed by atoms with Crippen LogP contribution < -0.4 is 15.8 Å².